The first-order valence-corrected chi connectivity index (χ1v) is 6.40. The molecule has 0 spiro atoms. The fraction of sp³-hybridized carbons (Fsp3) is 0.357. The van der Waals surface area contributed by atoms with Gasteiger partial charge in [0.2, 0.25) is 0 Å². The Morgan fingerprint density at radius 3 is 2.33 bits per heavy atom. The van der Waals surface area contributed by atoms with Crippen LogP contribution in [0.1, 0.15) is 11.3 Å². The number of hydrogen-bond donors (Lipinski definition) is 1. The molecular weight excluding hydrogens is 285 g/mol. The molecule has 1 aliphatic heterocycles. The highest BCUT2D eigenvalue weighted by molar-refractivity contribution is 5.95. The zero-order valence-electron chi connectivity index (χ0n) is 11.5. The minimum absolute atomic E-state index is 0.0641. The van der Waals surface area contributed by atoms with Crippen LogP contribution in [0.4, 0.5) is 18.9 Å². The molecule has 1 N–H and O–H groups in total. The number of benzene rings is 1. The Morgan fingerprint density at radius 2 is 1.76 bits per heavy atom. The van der Waals surface area contributed by atoms with Crippen LogP contribution in [0.15, 0.2) is 12.1 Å². The van der Waals surface area contributed by atoms with Crippen molar-refractivity contribution in [2.75, 3.05) is 25.6 Å². The lowest BCUT2D eigenvalue weighted by atomic mass is 10.1. The Bertz CT molecular complexity index is 714. The van der Waals surface area contributed by atoms with E-state index in [2.05, 4.69) is 10.3 Å². The van der Waals surface area contributed by atoms with Gasteiger partial charge in [0.05, 0.1) is 5.52 Å². The fourth-order valence-corrected chi connectivity index (χ4v) is 2.49. The van der Waals surface area contributed by atoms with E-state index in [1.54, 1.807) is 13.1 Å². The van der Waals surface area contributed by atoms with Crippen LogP contribution in [-0.4, -0.2) is 25.2 Å². The minimum atomic E-state index is -4.50. The van der Waals surface area contributed by atoms with E-state index in [-0.39, 0.29) is 11.1 Å². The van der Waals surface area contributed by atoms with Gasteiger partial charge in [0, 0.05) is 29.8 Å². The summed E-state index contributed by atoms with van der Waals surface area (Å²) in [6.45, 7) is 2.19. The van der Waals surface area contributed by atoms with E-state index >= 15 is 0 Å². The molecule has 0 saturated heterocycles. The first-order valence-electron chi connectivity index (χ1n) is 6.40. The third kappa shape index (κ3) is 2.22. The highest BCUT2D eigenvalue weighted by Crippen LogP contribution is 2.41. The number of alkyl halides is 3. The van der Waals surface area contributed by atoms with Gasteiger partial charge in [0.15, 0.2) is 11.5 Å². The second kappa shape index (κ2) is 4.68. The molecule has 0 unspecified atom stereocenters. The van der Waals surface area contributed by atoms with Crippen molar-refractivity contribution in [2.45, 2.75) is 13.1 Å². The van der Waals surface area contributed by atoms with Crippen molar-refractivity contribution in [3.8, 4) is 11.5 Å². The number of fused-ring (bicyclic) bond motifs is 2. The smallest absolute Gasteiger partial charge is 0.433 e. The van der Waals surface area contributed by atoms with Crippen LogP contribution in [-0.2, 0) is 6.18 Å². The van der Waals surface area contributed by atoms with Gasteiger partial charge in [-0.05, 0) is 13.0 Å². The quantitative estimate of drug-likeness (QED) is 0.876. The Kier molecular flexibility index (Phi) is 3.07. The van der Waals surface area contributed by atoms with Crippen molar-refractivity contribution in [1.29, 1.82) is 0 Å². The van der Waals surface area contributed by atoms with Crippen LogP contribution >= 0.6 is 0 Å². The molecule has 0 atom stereocenters. The third-order valence-corrected chi connectivity index (χ3v) is 3.41. The van der Waals surface area contributed by atoms with Crippen LogP contribution < -0.4 is 14.8 Å². The number of aromatic nitrogens is 1. The maximum atomic E-state index is 13.1. The average molecular weight is 298 g/mol. The van der Waals surface area contributed by atoms with E-state index in [9.17, 15) is 13.2 Å². The Hall–Kier alpha value is -2.18. The molecule has 1 aromatic heterocycles. The molecule has 2 heterocycles. The Morgan fingerprint density at radius 1 is 1.14 bits per heavy atom. The molecule has 0 bridgehead atoms. The topological polar surface area (TPSA) is 43.4 Å². The standard InChI is InChI=1S/C14H13F3N2O2/c1-7-12(18-2)8-5-10-11(21-4-3-20-10)6-9(8)19-13(7)14(15,16)17/h5-6H,3-4H2,1-2H3,(H,18,19). The van der Waals surface area contributed by atoms with Crippen molar-refractivity contribution in [1.82, 2.24) is 4.98 Å². The fourth-order valence-electron chi connectivity index (χ4n) is 2.49. The number of ether oxygens (including phenoxy) is 2. The van der Waals surface area contributed by atoms with Crippen LogP contribution in [0.2, 0.25) is 0 Å². The predicted octanol–water partition coefficient (Wildman–Crippen LogP) is 3.37. The monoisotopic (exact) mass is 298 g/mol. The lowest BCUT2D eigenvalue weighted by molar-refractivity contribution is -0.141. The lowest BCUT2D eigenvalue weighted by Gasteiger charge is -2.21. The molecule has 1 aromatic carbocycles. The van der Waals surface area contributed by atoms with E-state index in [0.717, 1.165) is 0 Å². The molecule has 0 aliphatic carbocycles. The number of nitrogens with zero attached hydrogens (tertiary/aromatic N) is 1. The molecule has 21 heavy (non-hydrogen) atoms. The van der Waals surface area contributed by atoms with Gasteiger partial charge in [0.25, 0.3) is 0 Å². The van der Waals surface area contributed by atoms with Gasteiger partial charge in [0.1, 0.15) is 18.9 Å². The summed E-state index contributed by atoms with van der Waals surface area (Å²) in [6.07, 6.45) is -4.50. The van der Waals surface area contributed by atoms with E-state index in [1.807, 2.05) is 0 Å². The molecule has 4 nitrogen and oxygen atoms in total. The van der Waals surface area contributed by atoms with Gasteiger partial charge in [-0.3, -0.25) is 0 Å². The first kappa shape index (κ1) is 13.8. The Labute approximate surface area is 118 Å². The SMILES string of the molecule is CNc1c(C)c(C(F)(F)F)nc2cc3c(cc12)OCCO3. The minimum Gasteiger partial charge on any atom is -0.486 e. The summed E-state index contributed by atoms with van der Waals surface area (Å²) in [5.74, 6) is 0.937. The summed E-state index contributed by atoms with van der Waals surface area (Å²) >= 11 is 0. The van der Waals surface area contributed by atoms with Gasteiger partial charge >= 0.3 is 6.18 Å². The van der Waals surface area contributed by atoms with E-state index in [1.165, 1.54) is 13.0 Å². The molecule has 3 rings (SSSR count). The molecule has 0 radical (unpaired) electrons. The zero-order valence-corrected chi connectivity index (χ0v) is 11.5. The molecule has 0 amide bonds. The zero-order chi connectivity index (χ0) is 15.2. The van der Waals surface area contributed by atoms with Crippen LogP contribution in [0.25, 0.3) is 10.9 Å². The van der Waals surface area contributed by atoms with Crippen LogP contribution in [0, 0.1) is 6.92 Å². The maximum Gasteiger partial charge on any atom is 0.433 e. The van der Waals surface area contributed by atoms with Gasteiger partial charge in [-0.25, -0.2) is 4.98 Å². The number of anilines is 1. The van der Waals surface area contributed by atoms with Gasteiger partial charge in [-0.2, -0.15) is 13.2 Å². The summed E-state index contributed by atoms with van der Waals surface area (Å²) in [5, 5.41) is 3.40. The summed E-state index contributed by atoms with van der Waals surface area (Å²) in [5.41, 5.74) is -0.212. The summed E-state index contributed by atoms with van der Waals surface area (Å²) < 4.78 is 50.1. The molecule has 1 aliphatic rings. The normalized spacial score (nSPS) is 14.3. The highest BCUT2D eigenvalue weighted by Gasteiger charge is 2.36. The third-order valence-electron chi connectivity index (χ3n) is 3.41. The molecular formula is C14H13F3N2O2. The average Bonchev–Trinajstić information content (AvgIpc) is 2.43. The molecule has 2 aromatic rings. The largest absolute Gasteiger partial charge is 0.486 e. The number of rotatable bonds is 1. The molecule has 0 fully saturated rings. The second-order valence-electron chi connectivity index (χ2n) is 4.72. The molecule has 0 saturated carbocycles. The number of hydrogen-bond acceptors (Lipinski definition) is 4. The van der Waals surface area contributed by atoms with Crippen molar-refractivity contribution >= 4 is 16.6 Å². The van der Waals surface area contributed by atoms with E-state index < -0.39 is 11.9 Å². The predicted molar refractivity (Wildman–Crippen MR) is 72.0 cm³/mol. The summed E-state index contributed by atoms with van der Waals surface area (Å²) in [7, 11) is 1.58. The van der Waals surface area contributed by atoms with Crippen molar-refractivity contribution < 1.29 is 22.6 Å². The van der Waals surface area contributed by atoms with E-state index in [0.29, 0.717) is 35.8 Å². The highest BCUT2D eigenvalue weighted by atomic mass is 19.4. The summed E-state index contributed by atoms with van der Waals surface area (Å²) in [4.78, 5) is 3.76. The number of pyridine rings is 1. The summed E-state index contributed by atoms with van der Waals surface area (Å²) in [6, 6.07) is 3.15. The maximum absolute atomic E-state index is 13.1. The lowest BCUT2D eigenvalue weighted by Crippen LogP contribution is -2.16. The number of halogens is 3. The van der Waals surface area contributed by atoms with Crippen molar-refractivity contribution in [3.63, 3.8) is 0 Å². The molecule has 7 heteroatoms. The van der Waals surface area contributed by atoms with Crippen LogP contribution in [0.5, 0.6) is 11.5 Å². The first-order chi connectivity index (χ1) is 9.91. The van der Waals surface area contributed by atoms with Crippen molar-refractivity contribution in [2.24, 2.45) is 0 Å². The van der Waals surface area contributed by atoms with E-state index in [4.69, 9.17) is 9.47 Å². The van der Waals surface area contributed by atoms with Gasteiger partial charge < -0.3 is 14.8 Å². The van der Waals surface area contributed by atoms with Gasteiger partial charge in [-0.1, -0.05) is 0 Å². The van der Waals surface area contributed by atoms with Crippen molar-refractivity contribution in [3.05, 3.63) is 23.4 Å². The van der Waals surface area contributed by atoms with Gasteiger partial charge in [-0.15, -0.1) is 0 Å². The second-order valence-corrected chi connectivity index (χ2v) is 4.72. The Balaban J connectivity index is 2.33. The van der Waals surface area contributed by atoms with Crippen LogP contribution in [0.3, 0.4) is 0 Å². The number of nitrogens with one attached hydrogen (secondary N) is 1. The molecule has 112 valence electrons.